The van der Waals surface area contributed by atoms with E-state index in [1.54, 1.807) is 72.4 Å². The van der Waals surface area contributed by atoms with Crippen molar-refractivity contribution in [2.24, 2.45) is 0 Å². The summed E-state index contributed by atoms with van der Waals surface area (Å²) in [6.07, 6.45) is 6.09. The smallest absolute Gasteiger partial charge is 0.335 e. The number of rotatable bonds is 5. The number of halogens is 1. The maximum Gasteiger partial charge on any atom is 0.341 e. The average molecular weight is 471 g/mol. The Morgan fingerprint density at radius 1 is 1.20 bits per heavy atom. The van der Waals surface area contributed by atoms with Gasteiger partial charge >= 0.3 is 11.7 Å². The predicted octanol–water partition coefficient (Wildman–Crippen LogP) is 4.25. The number of carbonyl (C=O) groups excluding carboxylic acids is 1. The summed E-state index contributed by atoms with van der Waals surface area (Å²) in [7, 11) is 0. The molecule has 1 aliphatic carbocycles. The maximum absolute atomic E-state index is 13.7. The van der Waals surface area contributed by atoms with Gasteiger partial charge in [-0.1, -0.05) is 12.1 Å². The summed E-state index contributed by atoms with van der Waals surface area (Å²) in [4.78, 5) is 31.5. The third kappa shape index (κ3) is 3.93. The molecule has 0 atom stereocenters. The Kier molecular flexibility index (Phi) is 5.79. The van der Waals surface area contributed by atoms with E-state index in [9.17, 15) is 14.0 Å². The molecule has 1 aliphatic rings. The summed E-state index contributed by atoms with van der Waals surface area (Å²) in [5.74, 6) is 0.397. The number of alkyl halides is 1. The Morgan fingerprint density at radius 3 is 2.63 bits per heavy atom. The lowest BCUT2D eigenvalue weighted by Gasteiger charge is -2.26. The van der Waals surface area contributed by atoms with Crippen molar-refractivity contribution in [3.05, 3.63) is 88.2 Å². The maximum atomic E-state index is 13.7. The number of nitriles is 1. The van der Waals surface area contributed by atoms with Gasteiger partial charge in [0.25, 0.3) is 0 Å². The van der Waals surface area contributed by atoms with Gasteiger partial charge in [-0.3, -0.25) is 9.13 Å². The number of nitrogens with one attached hydrogen (secondary N) is 1. The van der Waals surface area contributed by atoms with Crippen LogP contribution in [0.5, 0.6) is 0 Å². The Hall–Kier alpha value is -4.45. The van der Waals surface area contributed by atoms with Gasteiger partial charge in [0.05, 0.1) is 23.0 Å². The van der Waals surface area contributed by atoms with Gasteiger partial charge in [0.2, 0.25) is 0 Å². The monoisotopic (exact) mass is 470 g/mol. The first kappa shape index (κ1) is 22.3. The van der Waals surface area contributed by atoms with Crippen molar-refractivity contribution in [2.75, 3.05) is 0 Å². The Labute approximate surface area is 200 Å². The Bertz CT molecular complexity index is 1500. The van der Waals surface area contributed by atoms with Crippen molar-refractivity contribution in [1.29, 1.82) is 5.26 Å². The largest absolute Gasteiger partial charge is 0.341 e. The summed E-state index contributed by atoms with van der Waals surface area (Å²) in [5, 5.41) is 12.1. The first-order valence-electron chi connectivity index (χ1n) is 11.4. The Morgan fingerprint density at radius 2 is 1.97 bits per heavy atom. The second-order valence-electron chi connectivity index (χ2n) is 8.55. The summed E-state index contributed by atoms with van der Waals surface area (Å²) < 4.78 is 17.6. The molecule has 0 aliphatic heterocycles. The number of hydrogen-bond acceptors (Lipinski definition) is 4. The highest BCUT2D eigenvalue weighted by atomic mass is 19.1. The molecule has 9 heteroatoms. The lowest BCUT2D eigenvalue weighted by molar-refractivity contribution is 0.229. The molecular formula is C26H23FN6O2. The molecule has 0 radical (unpaired) electrons. The van der Waals surface area contributed by atoms with Crippen LogP contribution in [-0.4, -0.2) is 30.8 Å². The third-order valence-electron chi connectivity index (χ3n) is 6.37. The summed E-state index contributed by atoms with van der Waals surface area (Å²) >= 11 is 0. The summed E-state index contributed by atoms with van der Waals surface area (Å²) in [6.45, 7) is 1.07. The van der Waals surface area contributed by atoms with Gasteiger partial charge in [-0.25, -0.2) is 23.5 Å². The Balaban J connectivity index is 1.71. The van der Waals surface area contributed by atoms with Crippen molar-refractivity contribution in [1.82, 2.24) is 24.0 Å². The zero-order chi connectivity index (χ0) is 24.5. The first-order chi connectivity index (χ1) is 17.0. The second kappa shape index (κ2) is 9.06. The zero-order valence-electron chi connectivity index (χ0n) is 19.1. The van der Waals surface area contributed by atoms with Crippen molar-refractivity contribution in [2.45, 2.75) is 38.9 Å². The van der Waals surface area contributed by atoms with E-state index >= 15 is 0 Å². The van der Waals surface area contributed by atoms with E-state index in [-0.39, 0.29) is 6.04 Å². The molecule has 2 aromatic carbocycles. The molecule has 1 fully saturated rings. The van der Waals surface area contributed by atoms with Crippen LogP contribution in [0.1, 0.15) is 36.1 Å². The van der Waals surface area contributed by atoms with E-state index in [2.05, 4.69) is 16.4 Å². The van der Waals surface area contributed by atoms with Gasteiger partial charge in [-0.05, 0) is 68.1 Å². The standard InChI is InChI=1S/C26H23FN6O2/c1-17-23(24-29-12-13-31(24)21-10-8-18(16-28)9-11-21)33(25(34)30-20-5-3-6-20)26(35)32(17)22-7-2-4-19(14-22)15-27/h2,4,7-14,20H,3,5-6,15H2,1H3,(H,30,34). The minimum absolute atomic E-state index is 0.0269. The van der Waals surface area contributed by atoms with E-state index in [0.717, 1.165) is 29.5 Å². The van der Waals surface area contributed by atoms with Crippen molar-refractivity contribution >= 4 is 6.03 Å². The topological polar surface area (TPSA) is 97.6 Å². The minimum atomic E-state index is -0.666. The van der Waals surface area contributed by atoms with E-state index in [4.69, 9.17) is 5.26 Å². The number of carbonyl (C=O) groups is 1. The molecule has 0 unspecified atom stereocenters. The second-order valence-corrected chi connectivity index (χ2v) is 8.55. The summed E-state index contributed by atoms with van der Waals surface area (Å²) in [6, 6.07) is 15.2. The van der Waals surface area contributed by atoms with Crippen molar-refractivity contribution in [3.8, 4) is 29.0 Å². The number of imidazole rings is 2. The molecule has 0 bridgehead atoms. The highest BCUT2D eigenvalue weighted by molar-refractivity contribution is 5.83. The number of nitrogens with zero attached hydrogens (tertiary/aromatic N) is 5. The minimum Gasteiger partial charge on any atom is -0.335 e. The molecule has 2 heterocycles. The van der Waals surface area contributed by atoms with Gasteiger partial charge in [-0.2, -0.15) is 5.26 Å². The lowest BCUT2D eigenvalue weighted by atomic mass is 9.93. The quantitative estimate of drug-likeness (QED) is 0.471. The van der Waals surface area contributed by atoms with E-state index < -0.39 is 18.4 Å². The van der Waals surface area contributed by atoms with E-state index in [1.807, 2.05) is 0 Å². The fraction of sp³-hybridized carbons (Fsp3) is 0.231. The van der Waals surface area contributed by atoms with Gasteiger partial charge in [0.15, 0.2) is 5.82 Å². The first-order valence-corrected chi connectivity index (χ1v) is 11.4. The fourth-order valence-electron chi connectivity index (χ4n) is 4.32. The molecule has 4 aromatic rings. The third-order valence-corrected chi connectivity index (χ3v) is 6.37. The van der Waals surface area contributed by atoms with Gasteiger partial charge in [0.1, 0.15) is 12.4 Å². The SMILES string of the molecule is Cc1c(-c2nccn2-c2ccc(C#N)cc2)n(C(=O)NC2CCC2)c(=O)n1-c1cccc(CF)c1. The highest BCUT2D eigenvalue weighted by Crippen LogP contribution is 2.27. The van der Waals surface area contributed by atoms with E-state index in [1.165, 1.54) is 4.57 Å². The van der Waals surface area contributed by atoms with E-state index in [0.29, 0.717) is 34.0 Å². The molecule has 1 N–H and O–H groups in total. The van der Waals surface area contributed by atoms with Crippen LogP contribution in [-0.2, 0) is 6.67 Å². The van der Waals surface area contributed by atoms with Crippen LogP contribution >= 0.6 is 0 Å². The molecule has 0 spiro atoms. The zero-order valence-corrected chi connectivity index (χ0v) is 19.1. The van der Waals surface area contributed by atoms with Crippen LogP contribution in [0, 0.1) is 18.3 Å². The van der Waals surface area contributed by atoms with Crippen LogP contribution in [0.4, 0.5) is 9.18 Å². The molecule has 0 saturated heterocycles. The number of benzene rings is 2. The van der Waals surface area contributed by atoms with Gasteiger partial charge in [0, 0.05) is 24.1 Å². The molecule has 176 valence electrons. The van der Waals surface area contributed by atoms with Gasteiger partial charge in [-0.15, -0.1) is 0 Å². The summed E-state index contributed by atoms with van der Waals surface area (Å²) in [5.41, 5.74) is 2.42. The molecule has 1 saturated carbocycles. The van der Waals surface area contributed by atoms with Gasteiger partial charge < -0.3 is 5.32 Å². The number of amides is 1. The number of hydrogen-bond donors (Lipinski definition) is 1. The molecule has 5 rings (SSSR count). The fourth-order valence-corrected chi connectivity index (χ4v) is 4.32. The van der Waals surface area contributed by atoms with Crippen molar-refractivity contribution < 1.29 is 9.18 Å². The number of aromatic nitrogens is 4. The normalized spacial score (nSPS) is 13.3. The van der Waals surface area contributed by atoms with Crippen LogP contribution < -0.4 is 11.0 Å². The van der Waals surface area contributed by atoms with Crippen molar-refractivity contribution in [3.63, 3.8) is 0 Å². The van der Waals surface area contributed by atoms with Crippen LogP contribution in [0.15, 0.2) is 65.7 Å². The van der Waals surface area contributed by atoms with Crippen LogP contribution in [0.25, 0.3) is 22.9 Å². The van der Waals surface area contributed by atoms with Crippen LogP contribution in [0.3, 0.4) is 0 Å². The molecule has 8 nitrogen and oxygen atoms in total. The average Bonchev–Trinajstić information content (AvgIpc) is 3.43. The molecule has 35 heavy (non-hydrogen) atoms. The molecule has 2 aromatic heterocycles. The molecule has 1 amide bonds. The highest BCUT2D eigenvalue weighted by Gasteiger charge is 2.29. The predicted molar refractivity (Wildman–Crippen MR) is 128 cm³/mol. The van der Waals surface area contributed by atoms with Crippen LogP contribution in [0.2, 0.25) is 0 Å². The molecular weight excluding hydrogens is 447 g/mol. The lowest BCUT2D eigenvalue weighted by Crippen LogP contribution is -2.45.